The highest BCUT2D eigenvalue weighted by Gasteiger charge is 2.51. The van der Waals surface area contributed by atoms with Crippen LogP contribution in [0.3, 0.4) is 0 Å². The minimum Gasteiger partial charge on any atom is -0.439 e. The average Bonchev–Trinajstić information content (AvgIpc) is 3.08. The molecule has 6 heteroatoms. The number of nitrogens with one attached hydrogen (secondary N) is 1. The second-order valence-corrected chi connectivity index (χ2v) is 9.14. The molecule has 28 heavy (non-hydrogen) atoms. The molecule has 154 valence electrons. The topological polar surface area (TPSA) is 84.6 Å². The van der Waals surface area contributed by atoms with Gasteiger partial charge in [0.1, 0.15) is 11.7 Å². The van der Waals surface area contributed by atoms with Crippen molar-refractivity contribution in [3.63, 3.8) is 0 Å². The third-order valence-corrected chi connectivity index (χ3v) is 6.25. The third kappa shape index (κ3) is 5.56. The summed E-state index contributed by atoms with van der Waals surface area (Å²) in [5.41, 5.74) is 5.89. The number of ether oxygens (including phenoxy) is 1. The number of rotatable bonds is 9. The summed E-state index contributed by atoms with van der Waals surface area (Å²) in [7, 11) is 0. The Hall–Kier alpha value is -1.89. The number of aliphatic hydroxyl groups is 1. The van der Waals surface area contributed by atoms with Crippen LogP contribution in [0.1, 0.15) is 43.7 Å². The van der Waals surface area contributed by atoms with Crippen molar-refractivity contribution in [2.45, 2.75) is 58.8 Å². The fourth-order valence-corrected chi connectivity index (χ4v) is 4.28. The lowest BCUT2D eigenvalue weighted by atomic mass is 9.69. The number of nitrogens with two attached hydrogens (primary N) is 1. The van der Waals surface area contributed by atoms with Crippen LogP contribution in [-0.2, 0) is 24.1 Å². The Kier molecular flexibility index (Phi) is 7.63. The highest BCUT2D eigenvalue weighted by atomic mass is 32.1. The van der Waals surface area contributed by atoms with Crippen LogP contribution < -0.4 is 11.1 Å². The van der Waals surface area contributed by atoms with Gasteiger partial charge in [0.2, 0.25) is 0 Å². The van der Waals surface area contributed by atoms with Crippen molar-refractivity contribution in [2.75, 3.05) is 6.54 Å². The lowest BCUT2D eigenvalue weighted by Crippen LogP contribution is -2.60. The van der Waals surface area contributed by atoms with E-state index in [0.717, 1.165) is 12.0 Å². The molecule has 0 bridgehead atoms. The molecule has 2 aromatic rings. The number of thiophene rings is 1. The van der Waals surface area contributed by atoms with Crippen molar-refractivity contribution in [1.82, 2.24) is 5.32 Å². The monoisotopic (exact) mass is 404 g/mol. The fourth-order valence-electron chi connectivity index (χ4n) is 3.44. The Labute approximate surface area is 171 Å². The minimum atomic E-state index is -1.16. The number of amides is 1. The number of hydrogen-bond acceptors (Lipinski definition) is 5. The van der Waals surface area contributed by atoms with E-state index in [4.69, 9.17) is 10.5 Å². The maximum atomic E-state index is 11.8. The molecule has 0 saturated heterocycles. The number of primary amides is 1. The maximum Gasteiger partial charge on any atom is 0.405 e. The zero-order chi connectivity index (χ0) is 20.8. The zero-order valence-electron chi connectivity index (χ0n) is 17.2. The van der Waals surface area contributed by atoms with Gasteiger partial charge in [-0.05, 0) is 29.0 Å². The van der Waals surface area contributed by atoms with Crippen LogP contribution in [0, 0.1) is 5.41 Å². The third-order valence-electron chi connectivity index (χ3n) is 5.12. The van der Waals surface area contributed by atoms with Crippen LogP contribution in [0.2, 0.25) is 0 Å². The Morgan fingerprint density at radius 2 is 1.93 bits per heavy atom. The molecule has 1 amide bonds. The average molecular weight is 405 g/mol. The molecule has 0 aliphatic heterocycles. The van der Waals surface area contributed by atoms with Crippen LogP contribution in [-0.4, -0.2) is 29.4 Å². The lowest BCUT2D eigenvalue weighted by Gasteiger charge is -2.46. The second-order valence-electron chi connectivity index (χ2n) is 8.14. The first-order valence-electron chi connectivity index (χ1n) is 9.65. The van der Waals surface area contributed by atoms with Crippen molar-refractivity contribution >= 4 is 17.4 Å². The molecule has 0 saturated carbocycles. The zero-order valence-corrected chi connectivity index (χ0v) is 18.0. The first kappa shape index (κ1) is 22.4. The fraction of sp³-hybridized carbons (Fsp3) is 0.500. The summed E-state index contributed by atoms with van der Waals surface area (Å²) in [6, 6.07) is 11.9. The molecule has 4 N–H and O–H groups in total. The van der Waals surface area contributed by atoms with E-state index in [-0.39, 0.29) is 6.54 Å². The summed E-state index contributed by atoms with van der Waals surface area (Å²) < 4.78 is 5.64. The van der Waals surface area contributed by atoms with E-state index >= 15 is 0 Å². The Morgan fingerprint density at radius 3 is 2.46 bits per heavy atom. The normalized spacial score (nSPS) is 15.0. The van der Waals surface area contributed by atoms with E-state index in [1.54, 1.807) is 11.3 Å². The van der Waals surface area contributed by atoms with Crippen LogP contribution in [0.5, 0.6) is 0 Å². The standard InChI is InChI=1S/C22H32N2O3S/c1-5-18-11-17(15-28-18)13-24-14-19(25)22(21(2,3)4,27-20(23)26)12-16-9-7-6-8-10-16/h6-11,15,19,24-25H,5,12-14H2,1-4H3,(H2,23,26)/t19-,22-/m1/s1. The van der Waals surface area contributed by atoms with Gasteiger partial charge in [-0.3, -0.25) is 0 Å². The smallest absolute Gasteiger partial charge is 0.405 e. The molecule has 1 heterocycles. The number of aryl methyl sites for hydroxylation is 1. The number of carbonyl (C=O) groups is 1. The molecule has 0 spiro atoms. The highest BCUT2D eigenvalue weighted by molar-refractivity contribution is 7.10. The predicted molar refractivity (Wildman–Crippen MR) is 114 cm³/mol. The van der Waals surface area contributed by atoms with E-state index < -0.39 is 23.2 Å². The molecule has 0 radical (unpaired) electrons. The number of aliphatic hydroxyl groups excluding tert-OH is 1. The lowest BCUT2D eigenvalue weighted by molar-refractivity contribution is -0.140. The van der Waals surface area contributed by atoms with Crippen LogP contribution >= 0.6 is 11.3 Å². The van der Waals surface area contributed by atoms with Crippen LogP contribution in [0.25, 0.3) is 0 Å². The van der Waals surface area contributed by atoms with Crippen LogP contribution in [0.4, 0.5) is 4.79 Å². The minimum absolute atomic E-state index is 0.286. The summed E-state index contributed by atoms with van der Waals surface area (Å²) in [5, 5.41) is 16.6. The summed E-state index contributed by atoms with van der Waals surface area (Å²) in [6.45, 7) is 8.93. The summed E-state index contributed by atoms with van der Waals surface area (Å²) >= 11 is 1.74. The van der Waals surface area contributed by atoms with Gasteiger partial charge in [0.15, 0.2) is 0 Å². The Balaban J connectivity index is 2.19. The molecule has 5 nitrogen and oxygen atoms in total. The molecule has 0 unspecified atom stereocenters. The van der Waals surface area contributed by atoms with Crippen molar-refractivity contribution in [1.29, 1.82) is 0 Å². The molecule has 1 aromatic carbocycles. The number of hydrogen-bond donors (Lipinski definition) is 3. The van der Waals surface area contributed by atoms with E-state index in [2.05, 4.69) is 23.7 Å². The Bertz CT molecular complexity index is 755. The highest BCUT2D eigenvalue weighted by Crippen LogP contribution is 2.40. The van der Waals surface area contributed by atoms with Crippen molar-refractivity contribution in [3.05, 3.63) is 57.8 Å². The molecule has 2 atom stereocenters. The quantitative estimate of drug-likeness (QED) is 0.592. The van der Waals surface area contributed by atoms with Gasteiger partial charge < -0.3 is 20.9 Å². The predicted octanol–water partition coefficient (Wildman–Crippen LogP) is 3.88. The molecule has 0 aliphatic carbocycles. The summed E-state index contributed by atoms with van der Waals surface area (Å²) in [4.78, 5) is 13.1. The van der Waals surface area contributed by atoms with Crippen molar-refractivity contribution in [2.24, 2.45) is 11.1 Å². The molecule has 1 aromatic heterocycles. The molecule has 0 aliphatic rings. The van der Waals surface area contributed by atoms with Gasteiger partial charge in [-0.25, -0.2) is 4.79 Å². The van der Waals surface area contributed by atoms with Gasteiger partial charge in [0.05, 0.1) is 0 Å². The molecule has 0 fully saturated rings. The van der Waals surface area contributed by atoms with Crippen molar-refractivity contribution in [3.8, 4) is 0 Å². The van der Waals surface area contributed by atoms with E-state index in [1.807, 2.05) is 51.1 Å². The largest absolute Gasteiger partial charge is 0.439 e. The molecular formula is C22H32N2O3S. The second kappa shape index (κ2) is 9.54. The van der Waals surface area contributed by atoms with Gasteiger partial charge in [0, 0.05) is 29.8 Å². The van der Waals surface area contributed by atoms with Crippen LogP contribution in [0.15, 0.2) is 41.8 Å². The SMILES string of the molecule is CCc1cc(CNC[C@@H](O)[C@@](Cc2ccccc2)(OC(N)=O)C(C)(C)C)cs1. The van der Waals surface area contributed by atoms with Gasteiger partial charge in [-0.15, -0.1) is 11.3 Å². The number of carbonyl (C=O) groups excluding carboxylic acids is 1. The number of benzene rings is 1. The first-order valence-corrected chi connectivity index (χ1v) is 10.5. The van der Waals surface area contributed by atoms with Crippen molar-refractivity contribution < 1.29 is 14.6 Å². The van der Waals surface area contributed by atoms with Gasteiger partial charge in [0.25, 0.3) is 0 Å². The van der Waals surface area contributed by atoms with E-state index in [9.17, 15) is 9.90 Å². The van der Waals surface area contributed by atoms with Gasteiger partial charge >= 0.3 is 6.09 Å². The molecule has 2 rings (SSSR count). The summed E-state index contributed by atoms with van der Waals surface area (Å²) in [6.07, 6.45) is -0.411. The molecular weight excluding hydrogens is 372 g/mol. The van der Waals surface area contributed by atoms with Gasteiger partial charge in [-0.1, -0.05) is 58.0 Å². The maximum absolute atomic E-state index is 11.8. The first-order chi connectivity index (χ1) is 13.2. The Morgan fingerprint density at radius 1 is 1.25 bits per heavy atom. The summed E-state index contributed by atoms with van der Waals surface area (Å²) in [5.74, 6) is 0. The van der Waals surface area contributed by atoms with Gasteiger partial charge in [-0.2, -0.15) is 0 Å². The van der Waals surface area contributed by atoms with E-state index in [0.29, 0.717) is 13.0 Å². The van der Waals surface area contributed by atoms with E-state index in [1.165, 1.54) is 10.4 Å².